The normalized spacial score (nSPS) is 12.5. The van der Waals surface area contributed by atoms with Gasteiger partial charge >= 0.3 is 0 Å². The Morgan fingerprint density at radius 3 is 1.12 bits per heavy atom. The van der Waals surface area contributed by atoms with Gasteiger partial charge in [0.15, 0.2) is 0 Å². The van der Waals surface area contributed by atoms with Gasteiger partial charge in [0.2, 0.25) is 0 Å². The molecule has 14 aromatic carbocycles. The maximum atomic E-state index is 9.83. The summed E-state index contributed by atoms with van der Waals surface area (Å²) < 4.78 is 0. The van der Waals surface area contributed by atoms with E-state index in [1.165, 1.54) is 125 Å². The van der Waals surface area contributed by atoms with Crippen molar-refractivity contribution in [3.8, 4) is 34.4 Å². The van der Waals surface area contributed by atoms with Crippen LogP contribution in [0.1, 0.15) is 63.8 Å². The Morgan fingerprint density at radius 1 is 0.315 bits per heavy atom. The fourth-order valence-corrected chi connectivity index (χ4v) is 12.6. The minimum atomic E-state index is -0.0129. The molecule has 0 aliphatic carbocycles. The standard InChI is InChI=1S/C70H49N3/c1-69(2,3)45-24-20-43(21-25-45)60-65-54-15-9-14-53-58(73(47-28-16-40(38-71)17-29-47)48-30-18-41(39-72)19-31-48)37-36-55(62(53)54)66(65)61(44-22-26-46(27-23-44)70(4,5)6)68-57-35-33-52-50-13-8-11-42-10-7-12-49(59(42)50)51-32-34-56(67(60)68)64(57)63(51)52/h7-37H,1-6H3. The molecule has 73 heavy (non-hydrogen) atoms. The molecule has 14 aromatic rings. The van der Waals surface area contributed by atoms with Crippen LogP contribution in [0.25, 0.3) is 119 Å². The predicted molar refractivity (Wildman–Crippen MR) is 310 cm³/mol. The van der Waals surface area contributed by atoms with E-state index in [-0.39, 0.29) is 10.8 Å². The zero-order chi connectivity index (χ0) is 49.7. The lowest BCUT2D eigenvalue weighted by atomic mass is 9.83. The number of anilines is 3. The SMILES string of the molecule is CC(C)(C)c1ccc(-c2c3c4cccc5c(N(c6ccc(C#N)cc6)c6ccc(C#N)cc6)ccc(c3c(-c3ccc(C(C)(C)C)cc3)c3c6ccc7c8cccc9cccc(c%10ccc(c23)c6c%107)c98)c54)cc1. The molecule has 0 fully saturated rings. The second-order valence-corrected chi connectivity index (χ2v) is 22.2. The van der Waals surface area contributed by atoms with Crippen molar-refractivity contribution in [3.05, 3.63) is 210 Å². The number of benzene rings is 12. The molecule has 0 unspecified atom stereocenters. The molecular weight excluding hydrogens is 883 g/mol. The minimum Gasteiger partial charge on any atom is -0.310 e. The molecule has 0 spiro atoms. The topological polar surface area (TPSA) is 50.8 Å². The summed E-state index contributed by atoms with van der Waals surface area (Å²) in [5.41, 5.74) is 11.6. The highest BCUT2D eigenvalue weighted by molar-refractivity contribution is 6.49. The second kappa shape index (κ2) is 15.2. The van der Waals surface area contributed by atoms with E-state index in [1.54, 1.807) is 0 Å². The molecule has 0 N–H and O–H groups in total. The van der Waals surface area contributed by atoms with E-state index in [9.17, 15) is 10.5 Å². The van der Waals surface area contributed by atoms with Crippen LogP contribution in [-0.2, 0) is 10.8 Å². The summed E-state index contributed by atoms with van der Waals surface area (Å²) in [6.45, 7) is 13.8. The van der Waals surface area contributed by atoms with E-state index in [1.807, 2.05) is 48.5 Å². The van der Waals surface area contributed by atoms with Crippen molar-refractivity contribution in [2.75, 3.05) is 4.90 Å². The van der Waals surface area contributed by atoms with Gasteiger partial charge in [-0.05, 0) is 190 Å². The van der Waals surface area contributed by atoms with Crippen molar-refractivity contribution in [1.29, 1.82) is 10.5 Å². The van der Waals surface area contributed by atoms with Crippen LogP contribution >= 0.6 is 0 Å². The molecule has 0 aromatic heterocycles. The molecule has 0 saturated carbocycles. The van der Waals surface area contributed by atoms with E-state index < -0.39 is 0 Å². The molecule has 3 nitrogen and oxygen atoms in total. The Bertz CT molecular complexity index is 4400. The Morgan fingerprint density at radius 2 is 0.671 bits per heavy atom. The van der Waals surface area contributed by atoms with E-state index in [2.05, 4.69) is 198 Å². The average molecular weight is 932 g/mol. The summed E-state index contributed by atoms with van der Waals surface area (Å²) in [5.74, 6) is 0. The Hall–Kier alpha value is -9.02. The molecule has 3 heteroatoms. The number of nitrogens with zero attached hydrogens (tertiary/aromatic N) is 3. The molecule has 0 heterocycles. The van der Waals surface area contributed by atoms with Crippen molar-refractivity contribution >= 4 is 114 Å². The largest absolute Gasteiger partial charge is 0.310 e. The number of hydrogen-bond acceptors (Lipinski definition) is 3. The van der Waals surface area contributed by atoms with Gasteiger partial charge in [-0.15, -0.1) is 0 Å². The van der Waals surface area contributed by atoms with Gasteiger partial charge in [0.1, 0.15) is 0 Å². The van der Waals surface area contributed by atoms with E-state index >= 15 is 0 Å². The zero-order valence-corrected chi connectivity index (χ0v) is 41.7. The number of fused-ring (bicyclic) bond motifs is 8. The highest BCUT2D eigenvalue weighted by Crippen LogP contribution is 2.58. The molecule has 0 amide bonds. The molecule has 0 aliphatic heterocycles. The van der Waals surface area contributed by atoms with Crippen molar-refractivity contribution in [2.45, 2.75) is 52.4 Å². The summed E-state index contributed by atoms with van der Waals surface area (Å²) in [6.07, 6.45) is 0. The van der Waals surface area contributed by atoms with Gasteiger partial charge in [-0.1, -0.05) is 175 Å². The van der Waals surface area contributed by atoms with Crippen LogP contribution in [0.15, 0.2) is 188 Å². The average Bonchev–Trinajstić information content (AvgIpc) is 3.94. The van der Waals surface area contributed by atoms with Gasteiger partial charge in [-0.2, -0.15) is 10.5 Å². The van der Waals surface area contributed by atoms with Gasteiger partial charge in [0.05, 0.1) is 29.0 Å². The first-order valence-corrected chi connectivity index (χ1v) is 25.4. The lowest BCUT2D eigenvalue weighted by molar-refractivity contribution is 0.590. The highest BCUT2D eigenvalue weighted by atomic mass is 15.1. The quantitative estimate of drug-likeness (QED) is 0.128. The van der Waals surface area contributed by atoms with E-state index in [0.29, 0.717) is 11.1 Å². The first-order chi connectivity index (χ1) is 35.4. The Labute approximate surface area is 424 Å². The third kappa shape index (κ3) is 6.10. The van der Waals surface area contributed by atoms with Gasteiger partial charge in [-0.25, -0.2) is 0 Å². The first kappa shape index (κ1) is 42.8. The fourth-order valence-electron chi connectivity index (χ4n) is 12.6. The number of rotatable bonds is 5. The van der Waals surface area contributed by atoms with Crippen LogP contribution in [0.2, 0.25) is 0 Å². The zero-order valence-electron chi connectivity index (χ0n) is 41.7. The van der Waals surface area contributed by atoms with Gasteiger partial charge < -0.3 is 4.90 Å². The van der Waals surface area contributed by atoms with Crippen LogP contribution in [-0.4, -0.2) is 0 Å². The van der Waals surface area contributed by atoms with Crippen molar-refractivity contribution < 1.29 is 0 Å². The van der Waals surface area contributed by atoms with Gasteiger partial charge in [0.25, 0.3) is 0 Å². The molecule has 0 bridgehead atoms. The summed E-state index contributed by atoms with van der Waals surface area (Å²) in [6, 6.07) is 73.8. The molecule has 0 radical (unpaired) electrons. The van der Waals surface area contributed by atoms with Crippen LogP contribution in [0.4, 0.5) is 17.1 Å². The lowest BCUT2D eigenvalue weighted by Crippen LogP contribution is -2.10. The maximum Gasteiger partial charge on any atom is 0.0991 e. The summed E-state index contributed by atoms with van der Waals surface area (Å²) in [5, 5.41) is 42.5. The van der Waals surface area contributed by atoms with Crippen LogP contribution in [0.3, 0.4) is 0 Å². The van der Waals surface area contributed by atoms with Crippen LogP contribution in [0, 0.1) is 22.7 Å². The Kier molecular flexibility index (Phi) is 8.94. The summed E-state index contributed by atoms with van der Waals surface area (Å²) in [7, 11) is 0. The molecule has 0 saturated heterocycles. The summed E-state index contributed by atoms with van der Waals surface area (Å²) >= 11 is 0. The second-order valence-electron chi connectivity index (χ2n) is 22.2. The smallest absolute Gasteiger partial charge is 0.0991 e. The Balaban J connectivity index is 1.19. The molecule has 0 atom stereocenters. The molecular formula is C70H49N3. The fraction of sp³-hybridized carbons (Fsp3) is 0.114. The first-order valence-electron chi connectivity index (χ1n) is 25.4. The predicted octanol–water partition coefficient (Wildman–Crippen LogP) is 19.5. The van der Waals surface area contributed by atoms with Crippen LogP contribution < -0.4 is 4.90 Å². The monoisotopic (exact) mass is 931 g/mol. The number of hydrogen-bond donors (Lipinski definition) is 0. The molecule has 344 valence electrons. The number of nitriles is 2. The molecule has 0 aliphatic rings. The minimum absolute atomic E-state index is 0.0129. The molecule has 14 rings (SSSR count). The summed E-state index contributed by atoms with van der Waals surface area (Å²) in [4.78, 5) is 2.27. The van der Waals surface area contributed by atoms with Crippen molar-refractivity contribution in [2.24, 2.45) is 0 Å². The van der Waals surface area contributed by atoms with E-state index in [4.69, 9.17) is 0 Å². The van der Waals surface area contributed by atoms with Crippen molar-refractivity contribution in [3.63, 3.8) is 0 Å². The lowest BCUT2D eigenvalue weighted by Gasteiger charge is -2.27. The highest BCUT2D eigenvalue weighted by Gasteiger charge is 2.30. The third-order valence-electron chi connectivity index (χ3n) is 16.1. The van der Waals surface area contributed by atoms with E-state index in [0.717, 1.165) is 22.4 Å². The maximum absolute atomic E-state index is 9.83. The van der Waals surface area contributed by atoms with Gasteiger partial charge in [0, 0.05) is 16.8 Å². The van der Waals surface area contributed by atoms with Crippen LogP contribution in [0.5, 0.6) is 0 Å². The third-order valence-corrected chi connectivity index (χ3v) is 16.1. The van der Waals surface area contributed by atoms with Gasteiger partial charge in [-0.3, -0.25) is 0 Å². The van der Waals surface area contributed by atoms with Crippen molar-refractivity contribution in [1.82, 2.24) is 0 Å².